The third-order valence-electron chi connectivity index (χ3n) is 8.62. The number of likely N-dealkylation sites (N-methyl/N-ethyl adjacent to an activating group) is 1. The molecule has 2 aromatic carbocycles. The van der Waals surface area contributed by atoms with E-state index in [-0.39, 0.29) is 29.8 Å². The SMILES string of the molecule is CNC(=O)C(CC(=O)N(C)c1ccc2c(c1)CCC(=CN1CCCC1)C2=O)c1ccc2c(c1)CCC(=CN(C)C)C2=O. The first-order chi connectivity index (χ1) is 20.2. The number of Topliss-reactive ketones (excluding diaryl/α,β-unsaturated/α-hetero) is 2. The van der Waals surface area contributed by atoms with Gasteiger partial charge in [-0.2, -0.15) is 0 Å². The van der Waals surface area contributed by atoms with Gasteiger partial charge in [0, 0.05) is 88.1 Å². The van der Waals surface area contributed by atoms with Crippen molar-refractivity contribution in [2.24, 2.45) is 0 Å². The number of likely N-dealkylation sites (tertiary alicyclic amines) is 1. The standard InChI is InChI=1S/C34H40N4O4/c1-35-34(42)30(23-11-13-28-22(17-23)7-9-25(32(28)40)20-36(2)3)19-31(39)37(4)27-12-14-29-24(18-27)8-10-26(33(29)41)21-38-15-5-6-16-38/h11-14,17-18,20-21,30H,5-10,15-16,19H2,1-4H3,(H,35,42). The van der Waals surface area contributed by atoms with Crippen LogP contribution in [0.4, 0.5) is 5.69 Å². The number of nitrogens with zero attached hydrogens (tertiary/aromatic N) is 3. The molecule has 0 aromatic heterocycles. The molecular weight excluding hydrogens is 528 g/mol. The first-order valence-corrected chi connectivity index (χ1v) is 14.8. The van der Waals surface area contributed by atoms with E-state index in [1.54, 1.807) is 31.1 Å². The molecular formula is C34H40N4O4. The molecule has 0 saturated carbocycles. The van der Waals surface area contributed by atoms with Gasteiger partial charge in [-0.05, 0) is 73.4 Å². The molecule has 0 spiro atoms. The van der Waals surface area contributed by atoms with Crippen molar-refractivity contribution in [2.45, 2.75) is 50.9 Å². The number of hydrogen-bond acceptors (Lipinski definition) is 6. The second-order valence-corrected chi connectivity index (χ2v) is 11.8. The largest absolute Gasteiger partial charge is 0.383 e. The van der Waals surface area contributed by atoms with E-state index >= 15 is 0 Å². The molecule has 8 nitrogen and oxygen atoms in total. The number of anilines is 1. The molecule has 8 heteroatoms. The lowest BCUT2D eigenvalue weighted by atomic mass is 9.83. The second kappa shape index (κ2) is 12.3. The Morgan fingerprint density at radius 1 is 0.881 bits per heavy atom. The number of hydrogen-bond donors (Lipinski definition) is 1. The summed E-state index contributed by atoms with van der Waals surface area (Å²) in [6.07, 6.45) is 8.99. The van der Waals surface area contributed by atoms with Gasteiger partial charge in [0.05, 0.1) is 5.92 Å². The van der Waals surface area contributed by atoms with Crippen molar-refractivity contribution >= 4 is 29.1 Å². The minimum Gasteiger partial charge on any atom is -0.383 e. The quantitative estimate of drug-likeness (QED) is 0.503. The topological polar surface area (TPSA) is 90.0 Å². The molecule has 2 aliphatic carbocycles. The number of carbonyl (C=O) groups excluding carboxylic acids is 4. The lowest BCUT2D eigenvalue weighted by Crippen LogP contribution is -2.33. The lowest BCUT2D eigenvalue weighted by Gasteiger charge is -2.25. The van der Waals surface area contributed by atoms with Gasteiger partial charge in [-0.25, -0.2) is 0 Å². The number of rotatable bonds is 7. The fourth-order valence-corrected chi connectivity index (χ4v) is 6.23. The van der Waals surface area contributed by atoms with E-state index in [1.165, 1.54) is 12.8 Å². The maximum atomic E-state index is 13.5. The number of benzene rings is 2. The van der Waals surface area contributed by atoms with Crippen LogP contribution in [0.1, 0.15) is 75.4 Å². The highest BCUT2D eigenvalue weighted by atomic mass is 16.2. The molecule has 1 aliphatic heterocycles. The van der Waals surface area contributed by atoms with Crippen molar-refractivity contribution in [3.8, 4) is 0 Å². The second-order valence-electron chi connectivity index (χ2n) is 11.8. The Hall–Kier alpha value is -4.20. The maximum Gasteiger partial charge on any atom is 0.227 e. The third-order valence-corrected chi connectivity index (χ3v) is 8.62. The molecule has 220 valence electrons. The van der Waals surface area contributed by atoms with E-state index in [9.17, 15) is 19.2 Å². The van der Waals surface area contributed by atoms with Crippen molar-refractivity contribution in [1.82, 2.24) is 15.1 Å². The zero-order chi connectivity index (χ0) is 30.0. The Morgan fingerprint density at radius 2 is 1.50 bits per heavy atom. The van der Waals surface area contributed by atoms with Crippen molar-refractivity contribution in [3.05, 3.63) is 87.8 Å². The van der Waals surface area contributed by atoms with E-state index in [1.807, 2.05) is 55.7 Å². The Bertz CT molecular complexity index is 1480. The van der Waals surface area contributed by atoms with Crippen molar-refractivity contribution < 1.29 is 19.2 Å². The van der Waals surface area contributed by atoms with E-state index in [0.29, 0.717) is 36.1 Å². The third kappa shape index (κ3) is 6.03. The summed E-state index contributed by atoms with van der Waals surface area (Å²) >= 11 is 0. The molecule has 42 heavy (non-hydrogen) atoms. The average molecular weight is 569 g/mol. The van der Waals surface area contributed by atoms with Gasteiger partial charge in [-0.3, -0.25) is 19.2 Å². The predicted octanol–water partition coefficient (Wildman–Crippen LogP) is 4.25. The van der Waals surface area contributed by atoms with Gasteiger partial charge in [0.25, 0.3) is 0 Å². The van der Waals surface area contributed by atoms with Crippen LogP contribution >= 0.6 is 0 Å². The van der Waals surface area contributed by atoms with Crippen LogP contribution in [0, 0.1) is 0 Å². The molecule has 5 rings (SSSR count). The molecule has 0 bridgehead atoms. The van der Waals surface area contributed by atoms with Crippen molar-refractivity contribution in [1.29, 1.82) is 0 Å². The number of nitrogens with one attached hydrogen (secondary N) is 1. The van der Waals surface area contributed by atoms with E-state index in [4.69, 9.17) is 0 Å². The van der Waals surface area contributed by atoms with Crippen molar-refractivity contribution in [2.75, 3.05) is 46.2 Å². The van der Waals surface area contributed by atoms with E-state index in [2.05, 4.69) is 10.2 Å². The van der Waals surface area contributed by atoms with Gasteiger partial charge in [-0.1, -0.05) is 18.2 Å². The van der Waals surface area contributed by atoms with Gasteiger partial charge < -0.3 is 20.0 Å². The molecule has 1 heterocycles. The van der Waals surface area contributed by atoms with Crippen LogP contribution in [0.5, 0.6) is 0 Å². The van der Waals surface area contributed by atoms with Crippen LogP contribution in [0.25, 0.3) is 0 Å². The van der Waals surface area contributed by atoms with Crippen LogP contribution in [-0.2, 0) is 22.4 Å². The maximum absolute atomic E-state index is 13.5. The van der Waals surface area contributed by atoms with E-state index in [0.717, 1.165) is 47.3 Å². The van der Waals surface area contributed by atoms with Gasteiger partial charge >= 0.3 is 0 Å². The Balaban J connectivity index is 1.32. The smallest absolute Gasteiger partial charge is 0.227 e. The predicted molar refractivity (Wildman–Crippen MR) is 164 cm³/mol. The summed E-state index contributed by atoms with van der Waals surface area (Å²) in [5.41, 5.74) is 6.24. The Morgan fingerprint density at radius 3 is 2.17 bits per heavy atom. The Labute approximate surface area is 248 Å². The summed E-state index contributed by atoms with van der Waals surface area (Å²) < 4.78 is 0. The first kappa shape index (κ1) is 29.3. The van der Waals surface area contributed by atoms with Gasteiger partial charge in [0.2, 0.25) is 11.8 Å². The molecule has 0 radical (unpaired) electrons. The van der Waals surface area contributed by atoms with Gasteiger partial charge in [-0.15, -0.1) is 0 Å². The molecule has 1 atom stereocenters. The molecule has 3 aliphatic rings. The summed E-state index contributed by atoms with van der Waals surface area (Å²) in [4.78, 5) is 58.3. The number of carbonyl (C=O) groups is 4. The Kier molecular flexibility index (Phi) is 8.61. The fraction of sp³-hybridized carbons (Fsp3) is 0.412. The fourth-order valence-electron chi connectivity index (χ4n) is 6.23. The van der Waals surface area contributed by atoms with E-state index < -0.39 is 5.92 Å². The van der Waals surface area contributed by atoms with Crippen LogP contribution in [-0.4, -0.2) is 74.5 Å². The van der Waals surface area contributed by atoms with Gasteiger partial charge in [0.1, 0.15) is 0 Å². The van der Waals surface area contributed by atoms with Gasteiger partial charge in [0.15, 0.2) is 11.6 Å². The number of aryl methyl sites for hydroxylation is 2. The summed E-state index contributed by atoms with van der Waals surface area (Å²) in [7, 11) is 7.07. The first-order valence-electron chi connectivity index (χ1n) is 14.8. The molecule has 2 amide bonds. The minimum atomic E-state index is -0.693. The van der Waals surface area contributed by atoms with Crippen LogP contribution in [0.2, 0.25) is 0 Å². The number of ketones is 2. The highest BCUT2D eigenvalue weighted by Gasteiger charge is 2.29. The zero-order valence-corrected chi connectivity index (χ0v) is 25.0. The summed E-state index contributed by atoms with van der Waals surface area (Å²) in [5, 5.41) is 2.70. The molecule has 1 fully saturated rings. The minimum absolute atomic E-state index is 0.00773. The normalized spacial score (nSPS) is 19.0. The highest BCUT2D eigenvalue weighted by Crippen LogP contribution is 2.32. The lowest BCUT2D eigenvalue weighted by molar-refractivity contribution is -0.126. The van der Waals surface area contributed by atoms with Crippen LogP contribution < -0.4 is 10.2 Å². The molecule has 1 saturated heterocycles. The molecule has 1 N–H and O–H groups in total. The summed E-state index contributed by atoms with van der Waals surface area (Å²) in [6.45, 7) is 2.01. The monoisotopic (exact) mass is 568 g/mol. The molecule has 2 aromatic rings. The molecule has 1 unspecified atom stereocenters. The highest BCUT2D eigenvalue weighted by molar-refractivity contribution is 6.11. The number of allylic oxidation sites excluding steroid dienone is 2. The van der Waals surface area contributed by atoms with Crippen LogP contribution in [0.3, 0.4) is 0 Å². The average Bonchev–Trinajstić information content (AvgIpc) is 3.50. The summed E-state index contributed by atoms with van der Waals surface area (Å²) in [5.74, 6) is -1.07. The van der Waals surface area contributed by atoms with Crippen LogP contribution in [0.15, 0.2) is 59.9 Å². The van der Waals surface area contributed by atoms with Crippen molar-refractivity contribution in [3.63, 3.8) is 0 Å². The summed E-state index contributed by atoms with van der Waals surface area (Å²) in [6, 6.07) is 11.0. The number of amides is 2. The zero-order valence-electron chi connectivity index (χ0n) is 25.0. The number of fused-ring (bicyclic) bond motifs is 2.